The molecule has 0 unspecified atom stereocenters. The highest BCUT2D eigenvalue weighted by Crippen LogP contribution is 2.20. The van der Waals surface area contributed by atoms with Gasteiger partial charge in [0.2, 0.25) is 0 Å². The molecule has 0 aliphatic carbocycles. The van der Waals surface area contributed by atoms with Crippen LogP contribution in [0.3, 0.4) is 0 Å². The van der Waals surface area contributed by atoms with Crippen molar-refractivity contribution in [3.8, 4) is 0 Å². The van der Waals surface area contributed by atoms with Crippen molar-refractivity contribution in [1.82, 2.24) is 5.06 Å². The van der Waals surface area contributed by atoms with Gasteiger partial charge in [-0.3, -0.25) is 9.59 Å². The van der Waals surface area contributed by atoms with Crippen LogP contribution >= 0.6 is 0 Å². The summed E-state index contributed by atoms with van der Waals surface area (Å²) in [5.41, 5.74) is 1.06. The molecule has 0 atom stereocenters. The zero-order valence-electron chi connectivity index (χ0n) is 14.6. The first-order valence-corrected chi connectivity index (χ1v) is 10.2. The van der Waals surface area contributed by atoms with E-state index in [1.807, 2.05) is 0 Å². The van der Waals surface area contributed by atoms with Crippen molar-refractivity contribution in [2.45, 2.75) is 69.6 Å². The molecular weight excluding hydrogens is 342 g/mol. The second-order valence-corrected chi connectivity index (χ2v) is 7.80. The number of hydroxylamine groups is 2. The summed E-state index contributed by atoms with van der Waals surface area (Å²) in [4.78, 5) is 22.9. The van der Waals surface area contributed by atoms with E-state index in [4.69, 9.17) is 4.28 Å². The third kappa shape index (κ3) is 5.64. The van der Waals surface area contributed by atoms with E-state index < -0.39 is 21.9 Å². The predicted octanol–water partition coefficient (Wildman–Crippen LogP) is 3.36. The SMILES string of the molecule is CCCCCCCCc1ccc(S(=O)(=O)ON2C(=O)CCC2=O)cc1. The van der Waals surface area contributed by atoms with E-state index in [1.54, 1.807) is 12.1 Å². The monoisotopic (exact) mass is 367 g/mol. The highest BCUT2D eigenvalue weighted by molar-refractivity contribution is 7.86. The molecule has 2 amide bonds. The van der Waals surface area contributed by atoms with E-state index in [2.05, 4.69) is 6.92 Å². The zero-order valence-corrected chi connectivity index (χ0v) is 15.4. The molecule has 1 fully saturated rings. The van der Waals surface area contributed by atoms with Gasteiger partial charge in [0.15, 0.2) is 0 Å². The lowest BCUT2D eigenvalue weighted by Crippen LogP contribution is -2.32. The van der Waals surface area contributed by atoms with Crippen LogP contribution < -0.4 is 0 Å². The van der Waals surface area contributed by atoms with Crippen molar-refractivity contribution in [1.29, 1.82) is 0 Å². The second kappa shape index (κ2) is 9.10. The summed E-state index contributed by atoms with van der Waals surface area (Å²) in [7, 11) is -4.18. The Bertz CT molecular complexity index is 681. The van der Waals surface area contributed by atoms with Gasteiger partial charge in [-0.25, -0.2) is 0 Å². The minimum absolute atomic E-state index is 0.0223. The van der Waals surface area contributed by atoms with Crippen LogP contribution in [0.5, 0.6) is 0 Å². The number of aryl methyl sites for hydroxylation is 1. The van der Waals surface area contributed by atoms with Gasteiger partial charge in [-0.15, -0.1) is 9.35 Å². The standard InChI is InChI=1S/C18H25NO5S/c1-2-3-4-5-6-7-8-15-9-11-16(12-10-15)25(22,23)24-19-17(20)13-14-18(19)21/h9-12H,2-8,13-14H2,1H3. The van der Waals surface area contributed by atoms with Crippen LogP contribution in [0.15, 0.2) is 29.2 Å². The molecule has 0 bridgehead atoms. The Balaban J connectivity index is 1.88. The summed E-state index contributed by atoms with van der Waals surface area (Å²) < 4.78 is 29.1. The molecule has 0 saturated carbocycles. The molecule has 0 N–H and O–H groups in total. The number of imide groups is 1. The molecule has 25 heavy (non-hydrogen) atoms. The first-order chi connectivity index (χ1) is 11.9. The fourth-order valence-corrected chi connectivity index (χ4v) is 3.63. The van der Waals surface area contributed by atoms with Gasteiger partial charge in [-0.1, -0.05) is 51.2 Å². The van der Waals surface area contributed by atoms with Crippen molar-refractivity contribution in [3.05, 3.63) is 29.8 Å². The Morgan fingerprint density at radius 3 is 2.08 bits per heavy atom. The number of nitrogens with zero attached hydrogens (tertiary/aromatic N) is 1. The van der Waals surface area contributed by atoms with Crippen LogP contribution in [0.2, 0.25) is 0 Å². The van der Waals surface area contributed by atoms with Crippen molar-refractivity contribution < 1.29 is 22.3 Å². The highest BCUT2D eigenvalue weighted by Gasteiger charge is 2.35. The van der Waals surface area contributed by atoms with E-state index >= 15 is 0 Å². The average Bonchev–Trinajstić information content (AvgIpc) is 2.90. The minimum atomic E-state index is -4.18. The molecule has 6 nitrogen and oxygen atoms in total. The summed E-state index contributed by atoms with van der Waals surface area (Å²) in [6.45, 7) is 2.19. The number of hydrogen-bond acceptors (Lipinski definition) is 5. The van der Waals surface area contributed by atoms with Gasteiger partial charge in [0.1, 0.15) is 0 Å². The van der Waals surface area contributed by atoms with Gasteiger partial charge in [0.05, 0.1) is 4.90 Å². The van der Waals surface area contributed by atoms with Gasteiger partial charge in [-0.2, -0.15) is 8.42 Å². The Morgan fingerprint density at radius 2 is 1.48 bits per heavy atom. The fourth-order valence-electron chi connectivity index (χ4n) is 2.71. The largest absolute Gasteiger partial charge is 0.318 e. The molecule has 0 radical (unpaired) electrons. The Labute approximate surface area is 149 Å². The van der Waals surface area contributed by atoms with Gasteiger partial charge in [0, 0.05) is 12.8 Å². The predicted molar refractivity (Wildman–Crippen MR) is 92.9 cm³/mol. The number of carbonyl (C=O) groups is 2. The normalized spacial score (nSPS) is 15.2. The van der Waals surface area contributed by atoms with Crippen LogP contribution in [0.25, 0.3) is 0 Å². The lowest BCUT2D eigenvalue weighted by molar-refractivity contribution is -0.163. The van der Waals surface area contributed by atoms with E-state index in [-0.39, 0.29) is 17.7 Å². The Hall–Kier alpha value is -1.73. The number of unbranched alkanes of at least 4 members (excludes halogenated alkanes) is 5. The Kier molecular flexibility index (Phi) is 7.13. The lowest BCUT2D eigenvalue weighted by Gasteiger charge is -2.13. The smallest absolute Gasteiger partial charge is 0.272 e. The second-order valence-electron chi connectivity index (χ2n) is 6.27. The summed E-state index contributed by atoms with van der Waals surface area (Å²) in [5, 5.41) is 0.347. The molecule has 0 aromatic heterocycles. The maximum absolute atomic E-state index is 12.2. The van der Waals surface area contributed by atoms with Crippen molar-refractivity contribution in [2.24, 2.45) is 0 Å². The molecule has 1 heterocycles. The van der Waals surface area contributed by atoms with E-state index in [1.165, 1.54) is 44.2 Å². The van der Waals surface area contributed by atoms with Gasteiger partial charge in [-0.05, 0) is 30.5 Å². The van der Waals surface area contributed by atoms with Crippen LogP contribution in [-0.4, -0.2) is 25.3 Å². The quantitative estimate of drug-likeness (QED) is 0.468. The van der Waals surface area contributed by atoms with Gasteiger partial charge in [0.25, 0.3) is 11.8 Å². The molecule has 7 heteroatoms. The first kappa shape index (κ1) is 19.6. The van der Waals surface area contributed by atoms with E-state index in [0.717, 1.165) is 18.4 Å². The number of benzene rings is 1. The number of carbonyl (C=O) groups excluding carboxylic acids is 2. The summed E-state index contributed by atoms with van der Waals surface area (Å²) in [6, 6.07) is 6.39. The molecule has 2 rings (SSSR count). The van der Waals surface area contributed by atoms with Crippen molar-refractivity contribution >= 4 is 21.9 Å². The highest BCUT2D eigenvalue weighted by atomic mass is 32.2. The van der Waals surface area contributed by atoms with E-state index in [0.29, 0.717) is 5.06 Å². The number of hydrogen-bond donors (Lipinski definition) is 0. The molecule has 1 aliphatic rings. The average molecular weight is 367 g/mol. The molecule has 0 spiro atoms. The molecule has 1 aromatic rings. The van der Waals surface area contributed by atoms with Crippen molar-refractivity contribution in [2.75, 3.05) is 0 Å². The lowest BCUT2D eigenvalue weighted by atomic mass is 10.1. The van der Waals surface area contributed by atoms with Crippen LogP contribution in [0.4, 0.5) is 0 Å². The van der Waals surface area contributed by atoms with Crippen molar-refractivity contribution in [3.63, 3.8) is 0 Å². The van der Waals surface area contributed by atoms with Gasteiger partial charge >= 0.3 is 10.1 Å². The molecular formula is C18H25NO5S. The molecule has 1 saturated heterocycles. The third-order valence-corrected chi connectivity index (χ3v) is 5.40. The molecule has 1 aliphatic heterocycles. The minimum Gasteiger partial charge on any atom is -0.272 e. The van der Waals surface area contributed by atoms with Crippen LogP contribution in [-0.2, 0) is 30.4 Å². The zero-order chi connectivity index (χ0) is 18.3. The van der Waals surface area contributed by atoms with E-state index in [9.17, 15) is 18.0 Å². The summed E-state index contributed by atoms with van der Waals surface area (Å²) in [6.07, 6.45) is 8.09. The third-order valence-electron chi connectivity index (χ3n) is 4.21. The topological polar surface area (TPSA) is 80.8 Å². The Morgan fingerprint density at radius 1 is 0.920 bits per heavy atom. The fraction of sp³-hybridized carbons (Fsp3) is 0.556. The summed E-state index contributed by atoms with van der Waals surface area (Å²) >= 11 is 0. The first-order valence-electron chi connectivity index (χ1n) is 8.83. The maximum Gasteiger partial charge on any atom is 0.318 e. The molecule has 138 valence electrons. The number of rotatable bonds is 10. The van der Waals surface area contributed by atoms with Crippen LogP contribution in [0, 0.1) is 0 Å². The van der Waals surface area contributed by atoms with Crippen LogP contribution in [0.1, 0.15) is 63.9 Å². The summed E-state index contributed by atoms with van der Waals surface area (Å²) in [5.74, 6) is -1.26. The van der Waals surface area contributed by atoms with Gasteiger partial charge < -0.3 is 0 Å². The number of amides is 2. The maximum atomic E-state index is 12.2. The molecule has 1 aromatic carbocycles.